The van der Waals surface area contributed by atoms with Gasteiger partial charge in [0, 0.05) is 6.54 Å². The molecule has 0 spiro atoms. The maximum atomic E-state index is 11.0. The Morgan fingerprint density at radius 1 is 1.21 bits per heavy atom. The van der Waals surface area contributed by atoms with Crippen molar-refractivity contribution in [1.29, 1.82) is 5.26 Å². The fourth-order valence-corrected chi connectivity index (χ4v) is 1.82. The Bertz CT molecular complexity index is 267. The number of hydrogen-bond donors (Lipinski definition) is 1. The first kappa shape index (κ1) is 13.4. The smallest absolute Gasteiger partial charge is 0.214 e. The van der Waals surface area contributed by atoms with Crippen LogP contribution in [0.2, 0.25) is 0 Å². The van der Waals surface area contributed by atoms with Crippen molar-refractivity contribution in [3.05, 3.63) is 0 Å². The molecule has 0 atom stereocenters. The van der Waals surface area contributed by atoms with E-state index in [0.29, 0.717) is 6.54 Å². The van der Waals surface area contributed by atoms with Crippen molar-refractivity contribution in [3.8, 4) is 6.07 Å². The molecule has 0 radical (unpaired) electrons. The molecule has 1 N–H and O–H groups in total. The number of nitriles is 1. The van der Waals surface area contributed by atoms with E-state index in [1.54, 1.807) is 6.07 Å². The molecule has 0 unspecified atom stereocenters. The molecule has 0 fully saturated rings. The van der Waals surface area contributed by atoms with Gasteiger partial charge in [0.15, 0.2) is 5.75 Å². The lowest BCUT2D eigenvalue weighted by Crippen LogP contribution is -2.26. The SMILES string of the molecule is CCCCCCCNS(=O)(=O)CC#N. The van der Waals surface area contributed by atoms with E-state index in [1.165, 1.54) is 12.8 Å². The molecule has 0 aliphatic rings. The molecule has 0 bridgehead atoms. The van der Waals surface area contributed by atoms with Crippen molar-refractivity contribution in [3.63, 3.8) is 0 Å². The summed E-state index contributed by atoms with van der Waals surface area (Å²) in [4.78, 5) is 0. The molecule has 0 saturated heterocycles. The average molecular weight is 218 g/mol. The summed E-state index contributed by atoms with van der Waals surface area (Å²) in [5.41, 5.74) is 0. The van der Waals surface area contributed by atoms with Crippen LogP contribution in [-0.4, -0.2) is 20.7 Å². The molecule has 0 aromatic rings. The maximum absolute atomic E-state index is 11.0. The fourth-order valence-electron chi connectivity index (χ4n) is 1.09. The topological polar surface area (TPSA) is 70.0 Å². The average Bonchev–Trinajstić information content (AvgIpc) is 2.11. The molecule has 0 amide bonds. The van der Waals surface area contributed by atoms with E-state index in [1.807, 2.05) is 0 Å². The second-order valence-corrected chi connectivity index (χ2v) is 5.03. The lowest BCUT2D eigenvalue weighted by atomic mass is 10.2. The fraction of sp³-hybridized carbons (Fsp3) is 0.889. The first-order valence-corrected chi connectivity index (χ1v) is 6.62. The lowest BCUT2D eigenvalue weighted by molar-refractivity contribution is 0.574. The third-order valence-corrected chi connectivity index (χ3v) is 3.01. The summed E-state index contributed by atoms with van der Waals surface area (Å²) in [6.45, 7) is 2.59. The molecule has 0 rings (SSSR count). The van der Waals surface area contributed by atoms with E-state index in [0.717, 1.165) is 19.3 Å². The van der Waals surface area contributed by atoms with Gasteiger partial charge in [-0.05, 0) is 6.42 Å². The molecular formula is C9H18N2O2S. The van der Waals surface area contributed by atoms with Crippen LogP contribution in [0.1, 0.15) is 39.0 Å². The summed E-state index contributed by atoms with van der Waals surface area (Å²) in [5, 5.41) is 8.21. The zero-order chi connectivity index (χ0) is 10.9. The third kappa shape index (κ3) is 8.02. The lowest BCUT2D eigenvalue weighted by Gasteiger charge is -2.02. The molecule has 0 saturated carbocycles. The van der Waals surface area contributed by atoms with Gasteiger partial charge in [0.2, 0.25) is 10.0 Å². The standard InChI is InChI=1S/C9H18N2O2S/c1-2-3-4-5-6-8-11-14(12,13)9-7-10/h11H,2-6,8-9H2,1H3. The minimum Gasteiger partial charge on any atom is -0.214 e. The van der Waals surface area contributed by atoms with Gasteiger partial charge in [-0.1, -0.05) is 32.6 Å². The molecule has 4 nitrogen and oxygen atoms in total. The Morgan fingerprint density at radius 2 is 1.86 bits per heavy atom. The Kier molecular flexibility index (Phi) is 7.44. The number of unbranched alkanes of at least 4 members (excludes halogenated alkanes) is 4. The van der Waals surface area contributed by atoms with Crippen LogP contribution >= 0.6 is 0 Å². The molecule has 0 aromatic heterocycles. The Morgan fingerprint density at radius 3 is 2.43 bits per heavy atom. The number of sulfonamides is 1. The largest absolute Gasteiger partial charge is 0.225 e. The normalized spacial score (nSPS) is 11.1. The predicted molar refractivity (Wildman–Crippen MR) is 56.2 cm³/mol. The van der Waals surface area contributed by atoms with Gasteiger partial charge < -0.3 is 0 Å². The van der Waals surface area contributed by atoms with Crippen LogP contribution < -0.4 is 4.72 Å². The van der Waals surface area contributed by atoms with Crippen LogP contribution in [0.5, 0.6) is 0 Å². The molecular weight excluding hydrogens is 200 g/mol. The zero-order valence-electron chi connectivity index (χ0n) is 8.62. The summed E-state index contributed by atoms with van der Waals surface area (Å²) < 4.78 is 24.4. The van der Waals surface area contributed by atoms with Gasteiger partial charge in [-0.25, -0.2) is 13.1 Å². The van der Waals surface area contributed by atoms with Gasteiger partial charge in [-0.2, -0.15) is 5.26 Å². The van der Waals surface area contributed by atoms with E-state index in [4.69, 9.17) is 5.26 Å². The highest BCUT2D eigenvalue weighted by atomic mass is 32.2. The minimum atomic E-state index is -3.34. The van der Waals surface area contributed by atoms with E-state index in [9.17, 15) is 8.42 Å². The molecule has 0 heterocycles. The van der Waals surface area contributed by atoms with Crippen molar-refractivity contribution in [2.45, 2.75) is 39.0 Å². The van der Waals surface area contributed by atoms with Crippen LogP contribution in [-0.2, 0) is 10.0 Å². The van der Waals surface area contributed by atoms with Crippen LogP contribution in [0, 0.1) is 11.3 Å². The Labute approximate surface area is 86.4 Å². The molecule has 0 aliphatic carbocycles. The van der Waals surface area contributed by atoms with Crippen molar-refractivity contribution < 1.29 is 8.42 Å². The highest BCUT2D eigenvalue weighted by Crippen LogP contribution is 2.01. The molecule has 82 valence electrons. The van der Waals surface area contributed by atoms with Gasteiger partial charge in [-0.3, -0.25) is 0 Å². The van der Waals surface area contributed by atoms with Crippen molar-refractivity contribution >= 4 is 10.0 Å². The van der Waals surface area contributed by atoms with E-state index in [-0.39, 0.29) is 0 Å². The Hall–Kier alpha value is -0.600. The molecule has 5 heteroatoms. The zero-order valence-corrected chi connectivity index (χ0v) is 9.44. The number of nitrogens with zero attached hydrogens (tertiary/aromatic N) is 1. The van der Waals surface area contributed by atoms with E-state index < -0.39 is 15.8 Å². The second-order valence-electron chi connectivity index (χ2n) is 3.23. The quantitative estimate of drug-likeness (QED) is 0.626. The summed E-state index contributed by atoms with van der Waals surface area (Å²) in [6.07, 6.45) is 5.43. The molecule has 14 heavy (non-hydrogen) atoms. The first-order chi connectivity index (χ1) is 6.62. The third-order valence-electron chi connectivity index (χ3n) is 1.86. The van der Waals surface area contributed by atoms with Crippen LogP contribution in [0.4, 0.5) is 0 Å². The van der Waals surface area contributed by atoms with Gasteiger partial charge in [0.05, 0.1) is 6.07 Å². The van der Waals surface area contributed by atoms with Gasteiger partial charge >= 0.3 is 0 Å². The number of hydrogen-bond acceptors (Lipinski definition) is 3. The monoisotopic (exact) mass is 218 g/mol. The minimum absolute atomic E-state index is 0.443. The van der Waals surface area contributed by atoms with Crippen LogP contribution in [0.25, 0.3) is 0 Å². The highest BCUT2D eigenvalue weighted by Gasteiger charge is 2.06. The highest BCUT2D eigenvalue weighted by molar-refractivity contribution is 7.89. The van der Waals surface area contributed by atoms with Crippen LogP contribution in [0.3, 0.4) is 0 Å². The van der Waals surface area contributed by atoms with Gasteiger partial charge in [0.1, 0.15) is 0 Å². The van der Waals surface area contributed by atoms with Crippen LogP contribution in [0.15, 0.2) is 0 Å². The van der Waals surface area contributed by atoms with E-state index in [2.05, 4.69) is 11.6 Å². The summed E-state index contributed by atoms with van der Waals surface area (Å²) >= 11 is 0. The summed E-state index contributed by atoms with van der Waals surface area (Å²) in [7, 11) is -3.34. The van der Waals surface area contributed by atoms with Crippen molar-refractivity contribution in [2.24, 2.45) is 0 Å². The predicted octanol–water partition coefficient (Wildman–Crippen LogP) is 1.40. The second kappa shape index (κ2) is 7.77. The number of nitrogens with one attached hydrogen (secondary N) is 1. The molecule has 0 aliphatic heterocycles. The van der Waals surface area contributed by atoms with Crippen molar-refractivity contribution in [1.82, 2.24) is 4.72 Å². The summed E-state index contributed by atoms with van der Waals surface area (Å²) in [5.74, 6) is -0.443. The first-order valence-electron chi connectivity index (χ1n) is 4.96. The Balaban J connectivity index is 3.41. The maximum Gasteiger partial charge on any atom is 0.225 e. The van der Waals surface area contributed by atoms with Crippen molar-refractivity contribution in [2.75, 3.05) is 12.3 Å². The molecule has 0 aromatic carbocycles. The van der Waals surface area contributed by atoms with Gasteiger partial charge in [0.25, 0.3) is 0 Å². The number of rotatable bonds is 8. The van der Waals surface area contributed by atoms with Gasteiger partial charge in [-0.15, -0.1) is 0 Å². The van der Waals surface area contributed by atoms with E-state index >= 15 is 0 Å². The summed E-state index contributed by atoms with van der Waals surface area (Å²) in [6, 6.07) is 1.62.